The number of hydrogen-bond acceptors (Lipinski definition) is 3. The van der Waals surface area contributed by atoms with Crippen LogP contribution in [0.3, 0.4) is 0 Å². The number of nitriles is 1. The number of sulfonamides is 1. The van der Waals surface area contributed by atoms with Gasteiger partial charge in [-0.25, -0.2) is 12.8 Å². The molecule has 0 N–H and O–H groups in total. The fourth-order valence-corrected chi connectivity index (χ4v) is 2.63. The molecule has 0 bridgehead atoms. The van der Waals surface area contributed by atoms with Crippen LogP contribution in [0.5, 0.6) is 0 Å². The lowest BCUT2D eigenvalue weighted by molar-refractivity contribution is 0.501. The van der Waals surface area contributed by atoms with Gasteiger partial charge in [0, 0.05) is 7.05 Å². The predicted octanol–water partition coefficient (Wildman–Crippen LogP) is 1.73. The van der Waals surface area contributed by atoms with Crippen molar-refractivity contribution < 1.29 is 12.8 Å². The molecule has 0 saturated carbocycles. The van der Waals surface area contributed by atoms with Crippen LogP contribution in [0.2, 0.25) is 0 Å². The molecular formula is C9H8BrFN2O2S. The first-order valence-electron chi connectivity index (χ1n) is 4.18. The Hall–Kier alpha value is -0.970. The van der Waals surface area contributed by atoms with Crippen molar-refractivity contribution in [1.82, 2.24) is 4.31 Å². The van der Waals surface area contributed by atoms with Gasteiger partial charge in [0.25, 0.3) is 0 Å². The van der Waals surface area contributed by atoms with Gasteiger partial charge >= 0.3 is 0 Å². The zero-order chi connectivity index (χ0) is 12.3. The molecule has 0 aliphatic carbocycles. The number of benzene rings is 1. The third kappa shape index (κ3) is 2.58. The molecule has 0 amide bonds. The van der Waals surface area contributed by atoms with Crippen molar-refractivity contribution >= 4 is 26.0 Å². The monoisotopic (exact) mass is 306 g/mol. The summed E-state index contributed by atoms with van der Waals surface area (Å²) in [6, 6.07) is 5.10. The Morgan fingerprint density at radius 2 is 2.19 bits per heavy atom. The maximum absolute atomic E-state index is 12.9. The van der Waals surface area contributed by atoms with E-state index in [2.05, 4.69) is 15.9 Å². The summed E-state index contributed by atoms with van der Waals surface area (Å²) in [5, 5.41) is 8.42. The van der Waals surface area contributed by atoms with Gasteiger partial charge < -0.3 is 0 Å². The number of hydrogen-bond donors (Lipinski definition) is 0. The summed E-state index contributed by atoms with van der Waals surface area (Å²) in [6.45, 7) is -0.253. The Morgan fingerprint density at radius 1 is 1.56 bits per heavy atom. The van der Waals surface area contributed by atoms with Crippen LogP contribution >= 0.6 is 15.9 Å². The van der Waals surface area contributed by atoms with Crippen molar-refractivity contribution in [1.29, 1.82) is 5.26 Å². The normalized spacial score (nSPS) is 11.4. The third-order valence-corrected chi connectivity index (χ3v) is 4.30. The number of nitrogens with zero attached hydrogens (tertiary/aromatic N) is 2. The van der Waals surface area contributed by atoms with Crippen LogP contribution in [-0.2, 0) is 10.0 Å². The smallest absolute Gasteiger partial charge is 0.207 e. The van der Waals surface area contributed by atoms with Gasteiger partial charge in [-0.15, -0.1) is 0 Å². The fraction of sp³-hybridized carbons (Fsp3) is 0.222. The van der Waals surface area contributed by atoms with E-state index in [0.717, 1.165) is 16.4 Å². The van der Waals surface area contributed by atoms with Crippen molar-refractivity contribution in [2.75, 3.05) is 13.6 Å². The van der Waals surface area contributed by atoms with Crippen LogP contribution in [0.25, 0.3) is 0 Å². The van der Waals surface area contributed by atoms with Gasteiger partial charge in [-0.05, 0) is 34.1 Å². The average molecular weight is 307 g/mol. The molecule has 0 spiro atoms. The molecule has 0 radical (unpaired) electrons. The number of halogens is 2. The van der Waals surface area contributed by atoms with Crippen molar-refractivity contribution in [2.45, 2.75) is 4.90 Å². The minimum absolute atomic E-state index is 0.0569. The highest BCUT2D eigenvalue weighted by Gasteiger charge is 2.21. The molecule has 4 nitrogen and oxygen atoms in total. The summed E-state index contributed by atoms with van der Waals surface area (Å²) in [4.78, 5) is -0.0569. The van der Waals surface area contributed by atoms with E-state index in [9.17, 15) is 12.8 Å². The van der Waals surface area contributed by atoms with E-state index in [-0.39, 0.29) is 15.9 Å². The van der Waals surface area contributed by atoms with Crippen LogP contribution in [0, 0.1) is 17.1 Å². The largest absolute Gasteiger partial charge is 0.243 e. The zero-order valence-electron chi connectivity index (χ0n) is 8.31. The van der Waals surface area contributed by atoms with Crippen LogP contribution in [0.1, 0.15) is 0 Å². The summed E-state index contributed by atoms with van der Waals surface area (Å²) < 4.78 is 37.5. The molecule has 1 rings (SSSR count). The van der Waals surface area contributed by atoms with Crippen molar-refractivity contribution in [3.8, 4) is 6.07 Å². The maximum atomic E-state index is 12.9. The number of rotatable bonds is 3. The van der Waals surface area contributed by atoms with E-state index in [4.69, 9.17) is 5.26 Å². The minimum Gasteiger partial charge on any atom is -0.207 e. The molecule has 86 valence electrons. The molecule has 16 heavy (non-hydrogen) atoms. The molecule has 0 aliphatic heterocycles. The zero-order valence-corrected chi connectivity index (χ0v) is 10.7. The summed E-state index contributed by atoms with van der Waals surface area (Å²) in [5.74, 6) is -0.540. The second kappa shape index (κ2) is 4.91. The van der Waals surface area contributed by atoms with E-state index in [1.54, 1.807) is 6.07 Å². The molecule has 0 aromatic heterocycles. The van der Waals surface area contributed by atoms with Crippen molar-refractivity contribution in [2.24, 2.45) is 0 Å². The Kier molecular flexibility index (Phi) is 4.02. The molecule has 7 heteroatoms. The standard InChI is InChI=1S/C9H8BrFN2O2S/c1-13(5-4-12)16(14,15)7-2-3-9(11)8(10)6-7/h2-3,6H,5H2,1H3. The van der Waals surface area contributed by atoms with Gasteiger partial charge in [0.1, 0.15) is 12.4 Å². The van der Waals surface area contributed by atoms with Crippen LogP contribution in [0.4, 0.5) is 4.39 Å². The maximum Gasteiger partial charge on any atom is 0.243 e. The molecule has 0 fully saturated rings. The van der Waals surface area contributed by atoms with Crippen LogP contribution in [0.15, 0.2) is 27.6 Å². The van der Waals surface area contributed by atoms with Gasteiger partial charge in [-0.1, -0.05) is 0 Å². The van der Waals surface area contributed by atoms with Crippen molar-refractivity contribution in [3.05, 3.63) is 28.5 Å². The van der Waals surface area contributed by atoms with Crippen molar-refractivity contribution in [3.63, 3.8) is 0 Å². The SMILES string of the molecule is CN(CC#N)S(=O)(=O)c1ccc(F)c(Br)c1. The highest BCUT2D eigenvalue weighted by molar-refractivity contribution is 9.10. The lowest BCUT2D eigenvalue weighted by Gasteiger charge is -2.13. The summed E-state index contributed by atoms with van der Waals surface area (Å²) in [5.41, 5.74) is 0. The quantitative estimate of drug-likeness (QED) is 0.799. The second-order valence-corrected chi connectivity index (χ2v) is 5.89. The van der Waals surface area contributed by atoms with Gasteiger partial charge in [0.2, 0.25) is 10.0 Å². The minimum atomic E-state index is -3.73. The second-order valence-electron chi connectivity index (χ2n) is 3.00. The Balaban J connectivity index is 3.18. The average Bonchev–Trinajstić information content (AvgIpc) is 2.22. The first-order valence-corrected chi connectivity index (χ1v) is 6.41. The molecule has 1 aromatic rings. The lowest BCUT2D eigenvalue weighted by atomic mass is 10.3. The van der Waals surface area contributed by atoms with E-state index in [1.165, 1.54) is 13.1 Å². The Bertz CT molecular complexity index is 539. The van der Waals surface area contributed by atoms with Crippen LogP contribution in [-0.4, -0.2) is 26.3 Å². The Labute approximate surface area is 101 Å². The summed E-state index contributed by atoms with van der Waals surface area (Å²) in [6.07, 6.45) is 0. The van der Waals surface area contributed by atoms with Gasteiger partial charge in [0.05, 0.1) is 15.4 Å². The molecule has 0 aliphatic rings. The molecular weight excluding hydrogens is 299 g/mol. The lowest BCUT2D eigenvalue weighted by Crippen LogP contribution is -2.27. The Morgan fingerprint density at radius 3 is 2.69 bits per heavy atom. The highest BCUT2D eigenvalue weighted by atomic mass is 79.9. The van der Waals surface area contributed by atoms with Gasteiger partial charge in [-0.2, -0.15) is 9.57 Å². The molecule has 1 aromatic carbocycles. The first kappa shape index (κ1) is 13.1. The van der Waals surface area contributed by atoms with E-state index >= 15 is 0 Å². The van der Waals surface area contributed by atoms with Gasteiger partial charge in [-0.3, -0.25) is 0 Å². The molecule has 0 atom stereocenters. The van der Waals surface area contributed by atoms with Gasteiger partial charge in [0.15, 0.2) is 0 Å². The van der Waals surface area contributed by atoms with Crippen LogP contribution < -0.4 is 0 Å². The van der Waals surface area contributed by atoms with E-state index in [0.29, 0.717) is 0 Å². The summed E-state index contributed by atoms with van der Waals surface area (Å²) in [7, 11) is -2.44. The third-order valence-electron chi connectivity index (χ3n) is 1.89. The van der Waals surface area contributed by atoms with E-state index < -0.39 is 15.8 Å². The fourth-order valence-electron chi connectivity index (χ4n) is 1.00. The summed E-state index contributed by atoms with van der Waals surface area (Å²) >= 11 is 2.90. The highest BCUT2D eigenvalue weighted by Crippen LogP contribution is 2.21. The first-order chi connectivity index (χ1) is 7.39. The predicted molar refractivity (Wildman–Crippen MR) is 59.5 cm³/mol. The molecule has 0 unspecified atom stereocenters. The molecule has 0 saturated heterocycles. The topological polar surface area (TPSA) is 61.2 Å². The molecule has 0 heterocycles. The van der Waals surface area contributed by atoms with E-state index in [1.807, 2.05) is 0 Å².